The van der Waals surface area contributed by atoms with Crippen LogP contribution in [0.3, 0.4) is 0 Å². The Morgan fingerprint density at radius 1 is 1.19 bits per heavy atom. The summed E-state index contributed by atoms with van der Waals surface area (Å²) in [5.41, 5.74) is -2.77. The maximum Gasteiger partial charge on any atom is 0.297 e. The number of Topliss-reactive ketones (excluding diaryl/α,β-unsaturated/α-hetero) is 1. The van der Waals surface area contributed by atoms with Gasteiger partial charge in [0.2, 0.25) is 0 Å². The predicted octanol–water partition coefficient (Wildman–Crippen LogP) is 1.71. The SMILES string of the molecule is C[C@@H]1C=C[C@H]2CCCC[C@H]2[C@H]1C(=O)c1c(O)c([C@@]23CC[C@H](O)[C@@H](O2)[C@H]3O)cn(O)c1=O. The van der Waals surface area contributed by atoms with Crippen molar-refractivity contribution >= 4 is 5.78 Å². The van der Waals surface area contributed by atoms with Crippen LogP contribution in [0.15, 0.2) is 23.1 Å². The zero-order valence-electron chi connectivity index (χ0n) is 17.5. The second kappa shape index (κ2) is 7.18. The molecule has 3 aliphatic carbocycles. The number of ether oxygens (including phenoxy) is 1. The third-order valence-electron chi connectivity index (χ3n) is 8.06. The molecular weight excluding hydrogens is 402 g/mol. The maximum absolute atomic E-state index is 13.7. The minimum atomic E-state index is -1.35. The summed E-state index contributed by atoms with van der Waals surface area (Å²) in [5.74, 6) is -1.21. The third-order valence-corrected chi connectivity index (χ3v) is 8.06. The number of fused-ring (bicyclic) bond motifs is 3. The van der Waals surface area contributed by atoms with Crippen LogP contribution < -0.4 is 5.56 Å². The number of aromatic nitrogens is 1. The van der Waals surface area contributed by atoms with Crippen LogP contribution in [-0.2, 0) is 10.3 Å². The fraction of sp³-hybridized carbons (Fsp3) is 0.652. The quantitative estimate of drug-likeness (QED) is 0.326. The zero-order valence-corrected chi connectivity index (χ0v) is 17.5. The molecule has 8 atom stereocenters. The summed E-state index contributed by atoms with van der Waals surface area (Å²) in [4.78, 5) is 26.5. The summed E-state index contributed by atoms with van der Waals surface area (Å²) < 4.78 is 6.03. The van der Waals surface area contributed by atoms with E-state index in [0.29, 0.717) is 11.2 Å². The van der Waals surface area contributed by atoms with Gasteiger partial charge in [-0.2, -0.15) is 4.73 Å². The van der Waals surface area contributed by atoms with Crippen molar-refractivity contribution in [1.82, 2.24) is 4.73 Å². The highest BCUT2D eigenvalue weighted by Crippen LogP contribution is 2.54. The normalized spacial score (nSPS) is 41.3. The zero-order chi connectivity index (χ0) is 22.1. The Morgan fingerprint density at radius 2 is 1.94 bits per heavy atom. The van der Waals surface area contributed by atoms with Crippen LogP contribution in [0.5, 0.6) is 5.75 Å². The fourth-order valence-electron chi connectivity index (χ4n) is 6.37. The van der Waals surface area contributed by atoms with Gasteiger partial charge in [0.25, 0.3) is 5.56 Å². The third kappa shape index (κ3) is 2.84. The van der Waals surface area contributed by atoms with Crippen molar-refractivity contribution in [2.24, 2.45) is 23.7 Å². The van der Waals surface area contributed by atoms with Gasteiger partial charge in [-0.15, -0.1) is 0 Å². The molecule has 6 rings (SSSR count). The average molecular weight is 431 g/mol. The van der Waals surface area contributed by atoms with Crippen molar-refractivity contribution in [3.8, 4) is 5.75 Å². The molecule has 2 bridgehead atoms. The molecule has 0 aromatic carbocycles. The summed E-state index contributed by atoms with van der Waals surface area (Å²) in [6, 6.07) is 0. The van der Waals surface area contributed by atoms with Gasteiger partial charge >= 0.3 is 0 Å². The smallest absolute Gasteiger partial charge is 0.297 e. The monoisotopic (exact) mass is 431 g/mol. The Morgan fingerprint density at radius 3 is 2.65 bits per heavy atom. The Labute approximate surface area is 179 Å². The van der Waals surface area contributed by atoms with Crippen LogP contribution in [0.4, 0.5) is 0 Å². The first kappa shape index (κ1) is 20.7. The first-order chi connectivity index (χ1) is 14.8. The highest BCUT2D eigenvalue weighted by atomic mass is 16.6. The van der Waals surface area contributed by atoms with Gasteiger partial charge in [-0.25, -0.2) is 0 Å². The number of ketones is 1. The standard InChI is InChI=1S/C23H29NO7/c1-11-6-7-12-4-2-3-5-13(12)16(11)19(27)17-18(26)14(10-24(30)22(17)29)23-9-8-15(25)20(31-23)21(23)28/h6-7,10-13,15-16,20-21,25-26,28,30H,2-5,8-9H2,1H3/t11-,12-,13-,15+,16+,20-,21-,23-/m1/s1. The second-order valence-corrected chi connectivity index (χ2v) is 9.69. The maximum atomic E-state index is 13.7. The summed E-state index contributed by atoms with van der Waals surface area (Å²) in [6.07, 6.45) is 7.01. The Hall–Kier alpha value is -2.16. The van der Waals surface area contributed by atoms with E-state index in [2.05, 4.69) is 6.08 Å². The van der Waals surface area contributed by atoms with Gasteiger partial charge in [0.1, 0.15) is 29.1 Å². The molecule has 0 spiro atoms. The minimum Gasteiger partial charge on any atom is -0.507 e. The van der Waals surface area contributed by atoms with E-state index in [1.807, 2.05) is 13.0 Å². The van der Waals surface area contributed by atoms with E-state index in [-0.39, 0.29) is 29.7 Å². The number of aromatic hydroxyl groups is 1. The molecule has 4 N–H and O–H groups in total. The molecule has 1 aromatic rings. The van der Waals surface area contributed by atoms with Gasteiger partial charge in [-0.1, -0.05) is 31.9 Å². The Kier molecular flexibility index (Phi) is 4.80. The molecule has 2 saturated carbocycles. The lowest BCUT2D eigenvalue weighted by atomic mass is 9.63. The number of rotatable bonds is 3. The molecule has 2 saturated heterocycles. The molecular formula is C23H29NO7. The summed E-state index contributed by atoms with van der Waals surface area (Å²) in [5, 5.41) is 41.9. The average Bonchev–Trinajstić information content (AvgIpc) is 2.76. The molecule has 0 amide bonds. The van der Waals surface area contributed by atoms with E-state index in [4.69, 9.17) is 4.74 Å². The van der Waals surface area contributed by atoms with Gasteiger partial charge < -0.3 is 25.3 Å². The second-order valence-electron chi connectivity index (χ2n) is 9.69. The van der Waals surface area contributed by atoms with Crippen LogP contribution in [0.25, 0.3) is 0 Å². The first-order valence-electron chi connectivity index (χ1n) is 11.2. The number of nitrogens with zero attached hydrogens (tertiary/aromatic N) is 1. The molecule has 5 aliphatic rings. The van der Waals surface area contributed by atoms with Crippen molar-refractivity contribution < 1.29 is 30.1 Å². The number of carbonyl (C=O) groups is 1. The number of allylic oxidation sites excluding steroid dienone is 2. The van der Waals surface area contributed by atoms with E-state index < -0.39 is 52.5 Å². The molecule has 8 nitrogen and oxygen atoms in total. The minimum absolute atomic E-state index is 0.00722. The van der Waals surface area contributed by atoms with E-state index in [9.17, 15) is 30.1 Å². The number of aliphatic hydroxyl groups excluding tert-OH is 2. The van der Waals surface area contributed by atoms with E-state index in [1.165, 1.54) is 0 Å². The molecule has 0 unspecified atom stereocenters. The van der Waals surface area contributed by atoms with Crippen molar-refractivity contribution in [2.75, 3.05) is 0 Å². The largest absolute Gasteiger partial charge is 0.507 e. The lowest BCUT2D eigenvalue weighted by Crippen LogP contribution is -2.69. The van der Waals surface area contributed by atoms with Crippen LogP contribution in [0.2, 0.25) is 0 Å². The topological polar surface area (TPSA) is 129 Å². The Bertz CT molecular complexity index is 996. The predicted molar refractivity (Wildman–Crippen MR) is 109 cm³/mol. The highest BCUT2D eigenvalue weighted by Gasteiger charge is 2.63. The molecule has 1 aromatic heterocycles. The van der Waals surface area contributed by atoms with Crippen molar-refractivity contribution in [1.29, 1.82) is 0 Å². The van der Waals surface area contributed by atoms with Crippen LogP contribution in [-0.4, -0.2) is 49.4 Å². The van der Waals surface area contributed by atoms with E-state index in [0.717, 1.165) is 31.9 Å². The number of hydrogen-bond donors (Lipinski definition) is 4. The summed E-state index contributed by atoms with van der Waals surface area (Å²) >= 11 is 0. The fourth-order valence-corrected chi connectivity index (χ4v) is 6.37. The molecule has 4 fully saturated rings. The first-order valence-corrected chi connectivity index (χ1v) is 11.2. The van der Waals surface area contributed by atoms with Gasteiger partial charge in [0.15, 0.2) is 5.78 Å². The lowest BCUT2D eigenvalue weighted by molar-refractivity contribution is -0.348. The molecule has 0 radical (unpaired) electrons. The molecule has 31 heavy (non-hydrogen) atoms. The van der Waals surface area contributed by atoms with Gasteiger partial charge in [0, 0.05) is 11.5 Å². The Balaban J connectivity index is 1.58. The van der Waals surface area contributed by atoms with Crippen molar-refractivity contribution in [3.63, 3.8) is 0 Å². The number of aliphatic hydroxyl groups is 2. The van der Waals surface area contributed by atoms with Crippen molar-refractivity contribution in [2.45, 2.75) is 69.4 Å². The number of carbonyl (C=O) groups excluding carboxylic acids is 1. The number of pyridine rings is 1. The van der Waals surface area contributed by atoms with Gasteiger partial charge in [0.05, 0.1) is 12.3 Å². The number of hydrogen-bond acceptors (Lipinski definition) is 7. The molecule has 2 aliphatic heterocycles. The lowest BCUT2D eigenvalue weighted by Gasteiger charge is -2.58. The van der Waals surface area contributed by atoms with Crippen molar-refractivity contribution in [3.05, 3.63) is 39.8 Å². The van der Waals surface area contributed by atoms with E-state index in [1.54, 1.807) is 0 Å². The van der Waals surface area contributed by atoms with Crippen LogP contribution >= 0.6 is 0 Å². The van der Waals surface area contributed by atoms with Crippen LogP contribution in [0, 0.1) is 23.7 Å². The molecule has 8 heteroatoms. The highest BCUT2D eigenvalue weighted by molar-refractivity contribution is 6.01. The molecule has 168 valence electrons. The summed E-state index contributed by atoms with van der Waals surface area (Å²) in [6.45, 7) is 1.94. The van der Waals surface area contributed by atoms with E-state index >= 15 is 0 Å². The van der Waals surface area contributed by atoms with Gasteiger partial charge in [-0.3, -0.25) is 9.59 Å². The van der Waals surface area contributed by atoms with Crippen LogP contribution in [0.1, 0.15) is 61.4 Å². The summed E-state index contributed by atoms with van der Waals surface area (Å²) in [7, 11) is 0. The molecule has 3 heterocycles. The van der Waals surface area contributed by atoms with Gasteiger partial charge in [-0.05, 0) is 43.4 Å².